The molecule has 0 radical (unpaired) electrons. The first-order valence-electron chi connectivity index (χ1n) is 3.82. The van der Waals surface area contributed by atoms with Crippen molar-refractivity contribution in [1.82, 2.24) is 0 Å². The van der Waals surface area contributed by atoms with Gasteiger partial charge in [0.05, 0.1) is 13.2 Å². The first-order chi connectivity index (χ1) is 5.62. The Labute approximate surface area is 78.0 Å². The Morgan fingerprint density at radius 1 is 1.58 bits per heavy atom. The number of hydrogen-bond acceptors (Lipinski definition) is 3. The molecule has 0 aromatic carbocycles. The minimum atomic E-state index is -3.34. The fraction of sp³-hybridized carbons (Fsp3) is 0.714. The van der Waals surface area contributed by atoms with Crippen molar-refractivity contribution in [3.05, 3.63) is 12.7 Å². The molecule has 0 aromatic heterocycles. The molecule has 5 heteroatoms. The van der Waals surface area contributed by atoms with Crippen LogP contribution in [0.1, 0.15) is 19.8 Å². The van der Waals surface area contributed by atoms with Gasteiger partial charge in [-0.2, -0.15) is 0 Å². The molecule has 12 heavy (non-hydrogen) atoms. The molecule has 0 bridgehead atoms. The van der Waals surface area contributed by atoms with Crippen LogP contribution < -0.4 is 0 Å². The van der Waals surface area contributed by atoms with E-state index in [9.17, 15) is 4.57 Å². The zero-order valence-corrected chi connectivity index (χ0v) is 8.81. The summed E-state index contributed by atoms with van der Waals surface area (Å²) >= 11 is 5.41. The van der Waals surface area contributed by atoms with Gasteiger partial charge in [-0.25, -0.2) is 4.57 Å². The predicted octanol–water partition coefficient (Wildman–Crippen LogP) is 3.35. The number of hydrogen-bond donors (Lipinski definition) is 0. The summed E-state index contributed by atoms with van der Waals surface area (Å²) in [5.41, 5.74) is 0. The van der Waals surface area contributed by atoms with E-state index in [2.05, 4.69) is 6.58 Å². The lowest BCUT2D eigenvalue weighted by atomic mass is 10.4. The summed E-state index contributed by atoms with van der Waals surface area (Å²) in [5, 5.41) is 0. The summed E-state index contributed by atoms with van der Waals surface area (Å²) in [6.07, 6.45) is 3.27. The SMILES string of the molecule is C=CCOP(=O)(Cl)OCCCC. The summed E-state index contributed by atoms with van der Waals surface area (Å²) < 4.78 is 20.6. The van der Waals surface area contributed by atoms with Crippen molar-refractivity contribution in [2.24, 2.45) is 0 Å². The molecule has 0 aliphatic heterocycles. The molecule has 0 fully saturated rings. The van der Waals surface area contributed by atoms with E-state index in [1.54, 1.807) is 0 Å². The summed E-state index contributed by atoms with van der Waals surface area (Å²) in [7, 11) is 0. The van der Waals surface area contributed by atoms with E-state index < -0.39 is 6.95 Å². The maximum absolute atomic E-state index is 11.1. The van der Waals surface area contributed by atoms with Gasteiger partial charge in [0.2, 0.25) is 0 Å². The molecule has 0 saturated heterocycles. The Balaban J connectivity index is 3.56. The van der Waals surface area contributed by atoms with E-state index >= 15 is 0 Å². The fourth-order valence-electron chi connectivity index (χ4n) is 0.497. The second-order valence-corrected chi connectivity index (χ2v) is 4.82. The third-order valence-electron chi connectivity index (χ3n) is 1.09. The van der Waals surface area contributed by atoms with Crippen molar-refractivity contribution in [3.8, 4) is 0 Å². The van der Waals surface area contributed by atoms with Crippen molar-refractivity contribution in [1.29, 1.82) is 0 Å². The van der Waals surface area contributed by atoms with Gasteiger partial charge in [0.25, 0.3) is 0 Å². The molecule has 0 spiro atoms. The van der Waals surface area contributed by atoms with Crippen LogP contribution in [-0.4, -0.2) is 13.2 Å². The molecule has 72 valence electrons. The maximum atomic E-state index is 11.1. The summed E-state index contributed by atoms with van der Waals surface area (Å²) in [5.74, 6) is 0. The van der Waals surface area contributed by atoms with E-state index in [0.717, 1.165) is 12.8 Å². The Morgan fingerprint density at radius 2 is 2.25 bits per heavy atom. The largest absolute Gasteiger partial charge is 0.424 e. The Bertz CT molecular complexity index is 172. The molecule has 0 aliphatic rings. The highest BCUT2D eigenvalue weighted by Crippen LogP contribution is 2.53. The van der Waals surface area contributed by atoms with Gasteiger partial charge in [-0.05, 0) is 6.42 Å². The summed E-state index contributed by atoms with van der Waals surface area (Å²) in [6, 6.07) is 0. The highest BCUT2D eigenvalue weighted by molar-refractivity contribution is 7.81. The van der Waals surface area contributed by atoms with Crippen LogP contribution >= 0.6 is 18.2 Å². The van der Waals surface area contributed by atoms with E-state index in [0.29, 0.717) is 6.61 Å². The molecule has 0 amide bonds. The minimum Gasteiger partial charge on any atom is -0.297 e. The lowest BCUT2D eigenvalue weighted by molar-refractivity contribution is 0.231. The van der Waals surface area contributed by atoms with E-state index in [-0.39, 0.29) is 6.61 Å². The smallest absolute Gasteiger partial charge is 0.297 e. The van der Waals surface area contributed by atoms with Gasteiger partial charge < -0.3 is 0 Å². The molecule has 1 atom stereocenters. The number of halogens is 1. The van der Waals surface area contributed by atoms with E-state index in [1.165, 1.54) is 6.08 Å². The third-order valence-corrected chi connectivity index (χ3v) is 2.62. The van der Waals surface area contributed by atoms with Crippen molar-refractivity contribution < 1.29 is 13.6 Å². The maximum Gasteiger partial charge on any atom is 0.424 e. The molecule has 0 heterocycles. The Hall–Kier alpha value is 0.180. The minimum absolute atomic E-state index is 0.146. The monoisotopic (exact) mass is 212 g/mol. The van der Waals surface area contributed by atoms with Crippen LogP contribution in [0.3, 0.4) is 0 Å². The van der Waals surface area contributed by atoms with Crippen LogP contribution in [0.15, 0.2) is 12.7 Å². The molecular weight excluding hydrogens is 199 g/mol. The zero-order chi connectivity index (χ0) is 9.45. The molecular formula is C7H14ClO3P. The van der Waals surface area contributed by atoms with Gasteiger partial charge in [0, 0.05) is 11.2 Å². The standard InChI is InChI=1S/C7H14ClO3P/c1-3-5-7-11-12(8,9)10-6-4-2/h4H,2-3,5-7H2,1H3. The Morgan fingerprint density at radius 3 is 2.75 bits per heavy atom. The summed E-state index contributed by atoms with van der Waals surface area (Å²) in [4.78, 5) is 0. The lowest BCUT2D eigenvalue weighted by Crippen LogP contribution is -1.92. The van der Waals surface area contributed by atoms with Gasteiger partial charge in [-0.15, -0.1) is 6.58 Å². The van der Waals surface area contributed by atoms with E-state index in [1.807, 2.05) is 6.92 Å². The van der Waals surface area contributed by atoms with Crippen LogP contribution in [0.2, 0.25) is 0 Å². The van der Waals surface area contributed by atoms with Crippen molar-refractivity contribution in [2.45, 2.75) is 19.8 Å². The number of rotatable bonds is 7. The second-order valence-electron chi connectivity index (χ2n) is 2.20. The van der Waals surface area contributed by atoms with Gasteiger partial charge in [-0.1, -0.05) is 19.4 Å². The quantitative estimate of drug-likeness (QED) is 0.369. The average molecular weight is 213 g/mol. The highest BCUT2D eigenvalue weighted by atomic mass is 35.7. The Kier molecular flexibility index (Phi) is 6.77. The first-order valence-corrected chi connectivity index (χ1v) is 6.27. The molecule has 0 N–H and O–H groups in total. The normalized spacial score (nSPS) is 15.5. The molecule has 0 aliphatic carbocycles. The van der Waals surface area contributed by atoms with Gasteiger partial charge in [0.1, 0.15) is 0 Å². The average Bonchev–Trinajstić information content (AvgIpc) is 2.01. The fourth-order valence-corrected chi connectivity index (χ4v) is 1.58. The zero-order valence-electron chi connectivity index (χ0n) is 7.16. The molecule has 3 nitrogen and oxygen atoms in total. The van der Waals surface area contributed by atoms with Crippen LogP contribution in [0.25, 0.3) is 0 Å². The van der Waals surface area contributed by atoms with Crippen molar-refractivity contribution in [2.75, 3.05) is 13.2 Å². The summed E-state index contributed by atoms with van der Waals surface area (Å²) in [6.45, 7) is 2.58. The number of unbranched alkanes of at least 4 members (excludes halogenated alkanes) is 1. The molecule has 0 saturated carbocycles. The van der Waals surface area contributed by atoms with Gasteiger partial charge in [0.15, 0.2) is 0 Å². The first kappa shape index (κ1) is 12.2. The van der Waals surface area contributed by atoms with Crippen LogP contribution in [0.4, 0.5) is 0 Å². The van der Waals surface area contributed by atoms with Gasteiger partial charge in [-0.3, -0.25) is 9.05 Å². The van der Waals surface area contributed by atoms with Crippen molar-refractivity contribution in [3.63, 3.8) is 0 Å². The predicted molar refractivity (Wildman–Crippen MR) is 50.5 cm³/mol. The van der Waals surface area contributed by atoms with Crippen LogP contribution in [0.5, 0.6) is 0 Å². The molecule has 1 unspecified atom stereocenters. The van der Waals surface area contributed by atoms with Crippen LogP contribution in [-0.2, 0) is 13.6 Å². The van der Waals surface area contributed by atoms with Crippen LogP contribution in [0, 0.1) is 0 Å². The third kappa shape index (κ3) is 6.86. The topological polar surface area (TPSA) is 35.5 Å². The second kappa shape index (κ2) is 6.67. The highest BCUT2D eigenvalue weighted by Gasteiger charge is 2.18. The van der Waals surface area contributed by atoms with E-state index in [4.69, 9.17) is 20.3 Å². The van der Waals surface area contributed by atoms with Gasteiger partial charge >= 0.3 is 6.95 Å². The molecule has 0 rings (SSSR count). The van der Waals surface area contributed by atoms with Crippen molar-refractivity contribution >= 4 is 18.2 Å². The lowest BCUT2D eigenvalue weighted by Gasteiger charge is -2.09. The molecule has 0 aromatic rings.